The molecule has 1 aliphatic heterocycles. The number of rotatable bonds is 15. The van der Waals surface area contributed by atoms with E-state index >= 15 is 0 Å². The molecule has 0 radical (unpaired) electrons. The van der Waals surface area contributed by atoms with Gasteiger partial charge in [0, 0.05) is 57.1 Å². The maximum absolute atomic E-state index is 12.9. The second-order valence-corrected chi connectivity index (χ2v) is 16.4. The van der Waals surface area contributed by atoms with E-state index < -0.39 is 16.8 Å². The van der Waals surface area contributed by atoms with Crippen molar-refractivity contribution in [2.75, 3.05) is 63.7 Å². The molecule has 9 nitrogen and oxygen atoms in total. The average Bonchev–Trinajstić information content (AvgIpc) is 3.77. The summed E-state index contributed by atoms with van der Waals surface area (Å²) in [5, 5.41) is 3.74. The summed E-state index contributed by atoms with van der Waals surface area (Å²) in [5.41, 5.74) is 7.47. The molecule has 1 N–H and O–H groups in total. The molecule has 60 heavy (non-hydrogen) atoms. The number of ether oxygens (including phenoxy) is 2. The lowest BCUT2D eigenvalue weighted by Crippen LogP contribution is -2.43. The molecule has 6 rings (SSSR count). The molecule has 1 aliphatic rings. The number of hydrogen-bond acceptors (Lipinski definition) is 10. The Morgan fingerprint density at radius 2 is 1.17 bits per heavy atom. The quantitative estimate of drug-likeness (QED) is 0.0632. The minimum absolute atomic E-state index is 0.267. The van der Waals surface area contributed by atoms with Gasteiger partial charge in [0.2, 0.25) is 5.91 Å². The molecular formula is C49H52N4O5S2. The highest BCUT2D eigenvalue weighted by molar-refractivity contribution is 8.14. The van der Waals surface area contributed by atoms with Crippen LogP contribution in [-0.2, 0) is 28.6 Å². The van der Waals surface area contributed by atoms with Crippen LogP contribution in [-0.4, -0.2) is 88.9 Å². The first-order valence-electron chi connectivity index (χ1n) is 19.4. The van der Waals surface area contributed by atoms with Crippen LogP contribution < -0.4 is 15.1 Å². The first kappa shape index (κ1) is 45.1. The van der Waals surface area contributed by atoms with Crippen LogP contribution in [0.2, 0.25) is 0 Å². The predicted octanol–water partition coefficient (Wildman–Crippen LogP) is 8.60. The predicted molar refractivity (Wildman–Crippen MR) is 251 cm³/mol. The van der Waals surface area contributed by atoms with Gasteiger partial charge in [-0.2, -0.15) is 0 Å². The van der Waals surface area contributed by atoms with Gasteiger partial charge >= 0.3 is 11.9 Å². The zero-order chi connectivity index (χ0) is 42.9. The van der Waals surface area contributed by atoms with Crippen molar-refractivity contribution in [1.82, 2.24) is 5.32 Å². The summed E-state index contributed by atoms with van der Waals surface area (Å²) in [7, 11) is 10.7. The number of nitrogens with one attached hydrogen (secondary N) is 1. The van der Waals surface area contributed by atoms with E-state index in [0.29, 0.717) is 11.5 Å². The molecule has 0 spiro atoms. The minimum atomic E-state index is -0.848. The van der Waals surface area contributed by atoms with Crippen LogP contribution in [0, 0.1) is 0 Å². The van der Waals surface area contributed by atoms with Crippen LogP contribution in [0.4, 0.5) is 11.4 Å². The second-order valence-electron chi connectivity index (χ2n) is 14.1. The summed E-state index contributed by atoms with van der Waals surface area (Å²) in [6, 6.07) is 45.6. The Labute approximate surface area is 362 Å². The third-order valence-electron chi connectivity index (χ3n) is 9.62. The normalized spacial score (nSPS) is 14.1. The summed E-state index contributed by atoms with van der Waals surface area (Å²) in [5.74, 6) is -0.171. The van der Waals surface area contributed by atoms with Gasteiger partial charge in [-0.25, -0.2) is 9.59 Å². The van der Waals surface area contributed by atoms with Crippen molar-refractivity contribution < 1.29 is 23.9 Å². The monoisotopic (exact) mass is 840 g/mol. The first-order chi connectivity index (χ1) is 29.0. The molecule has 0 bridgehead atoms. The molecule has 0 saturated heterocycles. The third-order valence-corrected chi connectivity index (χ3v) is 12.3. The molecule has 0 saturated carbocycles. The Hall–Kier alpha value is -6.04. The SMILES string of the molecule is COC(=O)[C@@H](CSC(c1ccccc1)(c1ccccc1)c1ccccc1)NC(=O)/C=C/c1ccc(N(C)C)cc1.COC(=O)[C@H]1CSC(/C=C/c2ccc(N(C)C)cc2)=N1. The van der Waals surface area contributed by atoms with Crippen LogP contribution in [0.5, 0.6) is 0 Å². The Kier molecular flexibility index (Phi) is 16.8. The smallest absolute Gasteiger partial charge is 0.331 e. The molecule has 1 amide bonds. The molecule has 0 aromatic heterocycles. The molecule has 0 fully saturated rings. The maximum Gasteiger partial charge on any atom is 0.331 e. The Bertz CT molecular complexity index is 2130. The average molecular weight is 841 g/mol. The van der Waals surface area contributed by atoms with Crippen molar-refractivity contribution in [1.29, 1.82) is 0 Å². The standard InChI is InChI=1S/C34H34N2O3S.C15H18N2O2S/c1-36(2)30-22-19-26(20-23-30)21-24-32(37)35-31(33(38)39-3)25-40-34(27-13-7-4-8-14-27,28-15-9-5-10-16-28)29-17-11-6-12-18-29;1-17(2)12-7-4-11(5-8-12)6-9-14-16-13(10-20-14)15(18)19-3/h4-24,31H,25H2,1-3H3,(H,35,37);4-9,13H,10H2,1-3H3/b24-21+;9-6+/t31-;13-/m11/s1. The molecule has 1 heterocycles. The molecular weight excluding hydrogens is 789 g/mol. The number of carbonyl (C=O) groups is 3. The van der Waals surface area contributed by atoms with Crippen LogP contribution in [0.15, 0.2) is 157 Å². The van der Waals surface area contributed by atoms with Crippen molar-refractivity contribution >= 4 is 69.9 Å². The molecule has 0 unspecified atom stereocenters. The number of hydrogen-bond donors (Lipinski definition) is 1. The van der Waals surface area contributed by atoms with E-state index in [4.69, 9.17) is 9.47 Å². The number of anilines is 2. The fourth-order valence-electron chi connectivity index (χ4n) is 6.35. The molecule has 5 aromatic rings. The van der Waals surface area contributed by atoms with Gasteiger partial charge in [-0.15, -0.1) is 23.5 Å². The summed E-state index contributed by atoms with van der Waals surface area (Å²) in [6.07, 6.45) is 7.13. The van der Waals surface area contributed by atoms with E-state index in [0.717, 1.165) is 38.5 Å². The van der Waals surface area contributed by atoms with Crippen LogP contribution >= 0.6 is 23.5 Å². The van der Waals surface area contributed by atoms with E-state index in [9.17, 15) is 14.4 Å². The lowest BCUT2D eigenvalue weighted by atomic mass is 9.84. The summed E-state index contributed by atoms with van der Waals surface area (Å²) in [4.78, 5) is 45.6. The van der Waals surface area contributed by atoms with Crippen molar-refractivity contribution in [2.45, 2.75) is 16.8 Å². The summed E-state index contributed by atoms with van der Waals surface area (Å²) >= 11 is 3.17. The van der Waals surface area contributed by atoms with Gasteiger partial charge in [-0.1, -0.05) is 121 Å². The number of methoxy groups -OCH3 is 2. The fourth-order valence-corrected chi connectivity index (χ4v) is 8.80. The van der Waals surface area contributed by atoms with Gasteiger partial charge in [0.25, 0.3) is 0 Å². The van der Waals surface area contributed by atoms with Crippen LogP contribution in [0.25, 0.3) is 12.2 Å². The zero-order valence-corrected chi connectivity index (χ0v) is 36.5. The molecule has 5 aromatic carbocycles. The van der Waals surface area contributed by atoms with E-state index in [1.807, 2.05) is 124 Å². The van der Waals surface area contributed by atoms with E-state index in [1.54, 1.807) is 29.6 Å². The maximum atomic E-state index is 12.9. The van der Waals surface area contributed by atoms with Gasteiger partial charge in [-0.05, 0) is 64.2 Å². The van der Waals surface area contributed by atoms with Crippen LogP contribution in [0.1, 0.15) is 27.8 Å². The highest BCUT2D eigenvalue weighted by atomic mass is 32.2. The van der Waals surface area contributed by atoms with Gasteiger partial charge in [-0.3, -0.25) is 9.79 Å². The van der Waals surface area contributed by atoms with E-state index in [2.05, 4.69) is 75.9 Å². The number of esters is 2. The number of carbonyl (C=O) groups excluding carboxylic acids is 3. The summed E-state index contributed by atoms with van der Waals surface area (Å²) in [6.45, 7) is 0. The Morgan fingerprint density at radius 3 is 1.60 bits per heavy atom. The van der Waals surface area contributed by atoms with E-state index in [-0.39, 0.29) is 17.9 Å². The molecule has 2 atom stereocenters. The highest BCUT2D eigenvalue weighted by Crippen LogP contribution is 2.48. The lowest BCUT2D eigenvalue weighted by Gasteiger charge is -2.36. The molecule has 0 aliphatic carbocycles. The van der Waals surface area contributed by atoms with Crippen molar-refractivity contribution in [3.63, 3.8) is 0 Å². The lowest BCUT2D eigenvalue weighted by molar-refractivity contribution is -0.144. The first-order valence-corrected chi connectivity index (χ1v) is 21.4. The Morgan fingerprint density at radius 1 is 0.700 bits per heavy atom. The van der Waals surface area contributed by atoms with Gasteiger partial charge in [0.15, 0.2) is 6.04 Å². The molecule has 310 valence electrons. The minimum Gasteiger partial charge on any atom is -0.467 e. The number of nitrogens with zero attached hydrogens (tertiary/aromatic N) is 3. The van der Waals surface area contributed by atoms with Crippen LogP contribution in [0.3, 0.4) is 0 Å². The topological polar surface area (TPSA) is 101 Å². The van der Waals surface area contributed by atoms with Gasteiger partial charge in [0.05, 0.1) is 24.0 Å². The van der Waals surface area contributed by atoms with Crippen molar-refractivity contribution in [3.8, 4) is 0 Å². The van der Waals surface area contributed by atoms with Crippen molar-refractivity contribution in [3.05, 3.63) is 179 Å². The van der Waals surface area contributed by atoms with Crippen molar-refractivity contribution in [2.24, 2.45) is 4.99 Å². The zero-order valence-electron chi connectivity index (χ0n) is 34.9. The van der Waals surface area contributed by atoms with Gasteiger partial charge in [0.1, 0.15) is 6.04 Å². The summed E-state index contributed by atoms with van der Waals surface area (Å²) < 4.78 is 9.17. The number of thioether (sulfide) groups is 2. The largest absolute Gasteiger partial charge is 0.467 e. The third kappa shape index (κ3) is 12.2. The second kappa shape index (κ2) is 22.4. The molecule has 11 heteroatoms. The number of amides is 1. The fraction of sp³-hybridized carbons (Fsp3) is 0.224. The van der Waals surface area contributed by atoms with E-state index in [1.165, 1.54) is 26.0 Å². The number of benzene rings is 5. The Balaban J connectivity index is 0.000000285. The van der Waals surface area contributed by atoms with Gasteiger partial charge < -0.3 is 24.6 Å². The number of aliphatic imine (C=N–C) groups is 1. The highest BCUT2D eigenvalue weighted by Gasteiger charge is 2.38.